The molecule has 0 bridgehead atoms. The van der Waals surface area contributed by atoms with Gasteiger partial charge in [0.1, 0.15) is 23.3 Å². The summed E-state index contributed by atoms with van der Waals surface area (Å²) in [6.07, 6.45) is -2.42. The van der Waals surface area contributed by atoms with Gasteiger partial charge in [-0.1, -0.05) is 23.4 Å². The van der Waals surface area contributed by atoms with Crippen LogP contribution in [0, 0.1) is 5.41 Å². The van der Waals surface area contributed by atoms with Crippen molar-refractivity contribution < 1.29 is 38.5 Å². The van der Waals surface area contributed by atoms with Crippen molar-refractivity contribution in [1.82, 2.24) is 24.6 Å². The Morgan fingerprint density at radius 2 is 2.11 bits per heavy atom. The lowest BCUT2D eigenvalue weighted by Gasteiger charge is -2.27. The average Bonchev–Trinajstić information content (AvgIpc) is 3.33. The first-order chi connectivity index (χ1) is 17.6. The van der Waals surface area contributed by atoms with Gasteiger partial charge in [0, 0.05) is 11.8 Å². The summed E-state index contributed by atoms with van der Waals surface area (Å²) in [5, 5.41) is 33.8. The van der Waals surface area contributed by atoms with E-state index in [0.29, 0.717) is 0 Å². The van der Waals surface area contributed by atoms with Gasteiger partial charge in [0.2, 0.25) is 5.95 Å². The Morgan fingerprint density at radius 1 is 1.42 bits per heavy atom. The number of anilines is 1. The van der Waals surface area contributed by atoms with Crippen LogP contribution in [0.3, 0.4) is 0 Å². The molecule has 0 spiro atoms. The zero-order valence-corrected chi connectivity index (χ0v) is 24.2. The molecule has 1 aliphatic heterocycles. The van der Waals surface area contributed by atoms with E-state index in [2.05, 4.69) is 20.0 Å². The molecular formula is C21H34ClN6O8PS. The molecule has 2 aromatic heterocycles. The Morgan fingerprint density at radius 3 is 2.74 bits per heavy atom. The maximum Gasteiger partial charge on any atom is 0.405 e. The lowest BCUT2D eigenvalue weighted by atomic mass is 9.96. The molecule has 5 atom stereocenters. The van der Waals surface area contributed by atoms with Gasteiger partial charge in [-0.05, 0) is 34.6 Å². The molecule has 0 saturated carbocycles. The molecule has 1 fully saturated rings. The highest BCUT2D eigenvalue weighted by atomic mass is 35.5. The molecule has 0 amide bonds. The number of hydrogen-bond acceptors (Lipinski definition) is 13. The average molecular weight is 597 g/mol. The third-order valence-electron chi connectivity index (χ3n) is 5.75. The minimum absolute atomic E-state index is 0.0157. The van der Waals surface area contributed by atoms with Gasteiger partial charge in [0.15, 0.2) is 22.1 Å². The minimum atomic E-state index is -3.91. The second-order valence-corrected chi connectivity index (χ2v) is 13.2. The number of thioether (sulfide) groups is 1. The summed E-state index contributed by atoms with van der Waals surface area (Å²) in [5.74, 6) is 0.0654. The number of nitrogens with one attached hydrogen (secondary N) is 1. The molecule has 2 aromatic rings. The monoisotopic (exact) mass is 596 g/mol. The van der Waals surface area contributed by atoms with Gasteiger partial charge in [-0.2, -0.15) is 9.97 Å². The number of nitrogens with zero attached hydrogens (tertiary/aromatic N) is 4. The summed E-state index contributed by atoms with van der Waals surface area (Å²) in [5.41, 5.74) is 3.38. The number of aliphatic hydroxyl groups is 3. The van der Waals surface area contributed by atoms with Crippen LogP contribution in [0.25, 0.3) is 11.2 Å². The highest BCUT2D eigenvalue weighted by Crippen LogP contribution is 2.47. The normalized spacial score (nSPS) is 25.8. The van der Waals surface area contributed by atoms with E-state index in [1.165, 1.54) is 17.8 Å². The quantitative estimate of drug-likeness (QED) is 0.134. The molecule has 0 radical (unpaired) electrons. The van der Waals surface area contributed by atoms with E-state index in [-0.39, 0.29) is 52.4 Å². The van der Waals surface area contributed by atoms with Gasteiger partial charge < -0.3 is 25.8 Å². The first-order valence-electron chi connectivity index (χ1n) is 11.8. The van der Waals surface area contributed by atoms with Crippen LogP contribution >= 0.6 is 31.1 Å². The van der Waals surface area contributed by atoms with Gasteiger partial charge in [0.05, 0.1) is 31.6 Å². The van der Waals surface area contributed by atoms with Gasteiger partial charge in [0.25, 0.3) is 0 Å². The van der Waals surface area contributed by atoms with Crippen molar-refractivity contribution >= 4 is 53.3 Å². The van der Waals surface area contributed by atoms with Crippen molar-refractivity contribution in [3.63, 3.8) is 0 Å². The number of rotatable bonds is 12. The SMILES string of the molecule is CC(C)NP(=O)(OCCSC(=O)C(C)(C)CO)OC[C@H]1OC(n2cnc3c(Cl)nc(N)nc32)[C@@](C)(O)C1O. The van der Waals surface area contributed by atoms with Crippen molar-refractivity contribution in [2.45, 2.75) is 64.7 Å². The highest BCUT2D eigenvalue weighted by Gasteiger charge is 2.54. The Bertz CT molecular complexity index is 1200. The predicted molar refractivity (Wildman–Crippen MR) is 141 cm³/mol. The number of ether oxygens (including phenoxy) is 1. The maximum atomic E-state index is 13.4. The number of halogens is 1. The van der Waals surface area contributed by atoms with E-state index in [4.69, 9.17) is 31.1 Å². The first-order valence-corrected chi connectivity index (χ1v) is 14.7. The van der Waals surface area contributed by atoms with Gasteiger partial charge in [-0.3, -0.25) is 18.4 Å². The molecule has 0 aromatic carbocycles. The third-order valence-corrected chi connectivity index (χ3v) is 9.05. The number of hydrogen-bond donors (Lipinski definition) is 5. The number of aromatic nitrogens is 4. The number of nitrogen functional groups attached to an aromatic ring is 1. The fraction of sp³-hybridized carbons (Fsp3) is 0.714. The molecule has 0 aliphatic carbocycles. The minimum Gasteiger partial charge on any atom is -0.395 e. The Kier molecular flexibility index (Phi) is 9.84. The summed E-state index contributed by atoms with van der Waals surface area (Å²) in [4.78, 5) is 24.3. The summed E-state index contributed by atoms with van der Waals surface area (Å²) in [6, 6.07) is -0.291. The third kappa shape index (κ3) is 6.84. The number of aliphatic hydroxyl groups excluding tert-OH is 2. The Balaban J connectivity index is 1.69. The van der Waals surface area contributed by atoms with Crippen LogP contribution in [0.1, 0.15) is 40.8 Å². The van der Waals surface area contributed by atoms with Crippen LogP contribution < -0.4 is 10.8 Å². The standard InChI is InChI=1S/C21H34ClN6O8PS/c1-11(2)27-37(33,34-6-7-38-18(31)20(3,4)9-29)35-8-12-14(30)21(5,32)17(36-12)28-10-24-13-15(22)25-19(23)26-16(13)28/h10-12,14,17,29-30,32H,6-9H2,1-5H3,(H,27,33)(H2,23,25,26)/t12-,14?,17?,21+,37?/m1/s1. The van der Waals surface area contributed by atoms with E-state index >= 15 is 0 Å². The van der Waals surface area contributed by atoms with Crippen LogP contribution in [0.2, 0.25) is 5.15 Å². The molecule has 3 heterocycles. The van der Waals surface area contributed by atoms with E-state index < -0.39 is 43.8 Å². The zero-order valence-electron chi connectivity index (χ0n) is 21.7. The summed E-state index contributed by atoms with van der Waals surface area (Å²) >= 11 is 7.04. The van der Waals surface area contributed by atoms with Crippen molar-refractivity contribution in [3.05, 3.63) is 11.5 Å². The highest BCUT2D eigenvalue weighted by molar-refractivity contribution is 8.13. The fourth-order valence-electron chi connectivity index (χ4n) is 3.60. The fourth-order valence-corrected chi connectivity index (χ4v) is 6.28. The summed E-state index contributed by atoms with van der Waals surface area (Å²) in [7, 11) is -3.91. The van der Waals surface area contributed by atoms with Gasteiger partial charge in [-0.15, -0.1) is 0 Å². The van der Waals surface area contributed by atoms with Crippen LogP contribution in [0.5, 0.6) is 0 Å². The molecule has 1 saturated heterocycles. The Hall–Kier alpha value is -1.39. The van der Waals surface area contributed by atoms with Crippen LogP contribution in [-0.4, -0.2) is 89.4 Å². The summed E-state index contributed by atoms with van der Waals surface area (Å²) in [6.45, 7) is 7.30. The zero-order chi connectivity index (χ0) is 28.5. The van der Waals surface area contributed by atoms with Crippen molar-refractivity contribution in [2.75, 3.05) is 31.3 Å². The Labute approximate surface area is 229 Å². The molecule has 6 N–H and O–H groups in total. The van der Waals surface area contributed by atoms with Gasteiger partial charge in [-0.25, -0.2) is 14.6 Å². The lowest BCUT2D eigenvalue weighted by Crippen LogP contribution is -2.44. The lowest BCUT2D eigenvalue weighted by molar-refractivity contribution is -0.119. The molecule has 14 nitrogen and oxygen atoms in total. The smallest absolute Gasteiger partial charge is 0.395 e. The molecule has 1 aliphatic rings. The van der Waals surface area contributed by atoms with E-state index in [0.717, 1.165) is 11.8 Å². The number of carbonyl (C=O) groups is 1. The predicted octanol–water partition coefficient (Wildman–Crippen LogP) is 1.49. The molecule has 214 valence electrons. The molecule has 17 heteroatoms. The molecule has 3 unspecified atom stereocenters. The summed E-state index contributed by atoms with van der Waals surface area (Å²) < 4.78 is 31.7. The van der Waals surface area contributed by atoms with Crippen LogP contribution in [0.15, 0.2) is 6.33 Å². The molecule has 3 rings (SSSR count). The van der Waals surface area contributed by atoms with E-state index in [1.54, 1.807) is 27.7 Å². The van der Waals surface area contributed by atoms with E-state index in [1.807, 2.05) is 0 Å². The number of imidazole rings is 1. The number of nitrogens with two attached hydrogens (primary N) is 1. The second-order valence-electron chi connectivity index (χ2n) is 9.98. The maximum absolute atomic E-state index is 13.4. The molecular weight excluding hydrogens is 563 g/mol. The number of fused-ring (bicyclic) bond motifs is 1. The van der Waals surface area contributed by atoms with Crippen LogP contribution in [0.4, 0.5) is 5.95 Å². The number of carbonyl (C=O) groups excluding carboxylic acids is 1. The largest absolute Gasteiger partial charge is 0.405 e. The van der Waals surface area contributed by atoms with Crippen molar-refractivity contribution in [1.29, 1.82) is 0 Å². The van der Waals surface area contributed by atoms with Gasteiger partial charge >= 0.3 is 7.75 Å². The van der Waals surface area contributed by atoms with Crippen molar-refractivity contribution in [2.24, 2.45) is 5.41 Å². The second kappa shape index (κ2) is 12.0. The first kappa shape index (κ1) is 31.1. The van der Waals surface area contributed by atoms with E-state index in [9.17, 15) is 24.7 Å². The topological polar surface area (TPSA) is 204 Å². The van der Waals surface area contributed by atoms with Crippen LogP contribution in [-0.2, 0) is 23.1 Å². The molecule has 38 heavy (non-hydrogen) atoms. The van der Waals surface area contributed by atoms with Crippen molar-refractivity contribution in [3.8, 4) is 0 Å².